The van der Waals surface area contributed by atoms with Crippen molar-refractivity contribution in [1.29, 1.82) is 0 Å². The molecular formula is C21H25N3O5S. The molecular weight excluding hydrogens is 406 g/mol. The van der Waals surface area contributed by atoms with Crippen LogP contribution in [0.2, 0.25) is 0 Å². The Morgan fingerprint density at radius 1 is 1.00 bits per heavy atom. The van der Waals surface area contributed by atoms with Gasteiger partial charge in [-0.1, -0.05) is 25.0 Å². The van der Waals surface area contributed by atoms with Gasteiger partial charge in [-0.25, -0.2) is 8.42 Å². The number of hydrogen-bond donors (Lipinski definition) is 2. The number of nitrogens with zero attached hydrogens (tertiary/aromatic N) is 1. The van der Waals surface area contributed by atoms with Crippen molar-refractivity contribution < 1.29 is 22.7 Å². The van der Waals surface area contributed by atoms with Crippen molar-refractivity contribution >= 4 is 27.5 Å². The zero-order valence-corrected chi connectivity index (χ0v) is 17.6. The van der Waals surface area contributed by atoms with Crippen LogP contribution < -0.4 is 15.2 Å². The van der Waals surface area contributed by atoms with E-state index in [2.05, 4.69) is 4.72 Å². The van der Waals surface area contributed by atoms with E-state index in [1.807, 2.05) is 0 Å². The molecule has 0 bridgehead atoms. The summed E-state index contributed by atoms with van der Waals surface area (Å²) in [6, 6.07) is 10.2. The molecule has 3 N–H and O–H groups in total. The first-order valence-electron chi connectivity index (χ1n) is 9.72. The van der Waals surface area contributed by atoms with E-state index in [0.717, 1.165) is 25.7 Å². The Bertz CT molecular complexity index is 1040. The Morgan fingerprint density at radius 3 is 2.30 bits per heavy atom. The van der Waals surface area contributed by atoms with E-state index < -0.39 is 15.9 Å². The standard InChI is InChI=1S/C21H25N3O5S/c1-29-19-11-10-15(14-17(19)21(26)24-12-6-2-3-7-13-24)30(27,28)23-18-9-5-4-8-16(18)20(22)25/h4-5,8-11,14,23H,2-3,6-7,12-13H2,1H3,(H2,22,25). The summed E-state index contributed by atoms with van der Waals surface area (Å²) in [6.45, 7) is 1.26. The molecule has 1 fully saturated rings. The number of para-hydroxylation sites is 1. The molecule has 0 aromatic heterocycles. The summed E-state index contributed by atoms with van der Waals surface area (Å²) in [5.74, 6) is -0.705. The second kappa shape index (κ2) is 9.17. The van der Waals surface area contributed by atoms with Crippen LogP contribution in [-0.2, 0) is 10.0 Å². The van der Waals surface area contributed by atoms with Crippen LogP contribution in [0.4, 0.5) is 5.69 Å². The van der Waals surface area contributed by atoms with Gasteiger partial charge in [-0.3, -0.25) is 14.3 Å². The lowest BCUT2D eigenvalue weighted by Crippen LogP contribution is -2.32. The van der Waals surface area contributed by atoms with Gasteiger partial charge in [-0.2, -0.15) is 0 Å². The van der Waals surface area contributed by atoms with Gasteiger partial charge in [0.1, 0.15) is 5.75 Å². The number of sulfonamides is 1. The average molecular weight is 432 g/mol. The summed E-state index contributed by atoms with van der Waals surface area (Å²) in [6.07, 6.45) is 3.96. The third kappa shape index (κ3) is 4.73. The van der Waals surface area contributed by atoms with Gasteiger partial charge >= 0.3 is 0 Å². The van der Waals surface area contributed by atoms with Crippen molar-refractivity contribution in [2.45, 2.75) is 30.6 Å². The summed E-state index contributed by atoms with van der Waals surface area (Å²) in [7, 11) is -2.64. The summed E-state index contributed by atoms with van der Waals surface area (Å²) < 4.78 is 33.6. The highest BCUT2D eigenvalue weighted by Gasteiger charge is 2.25. The van der Waals surface area contributed by atoms with E-state index in [0.29, 0.717) is 18.8 Å². The Morgan fingerprint density at radius 2 is 1.67 bits per heavy atom. The fraction of sp³-hybridized carbons (Fsp3) is 0.333. The van der Waals surface area contributed by atoms with E-state index in [4.69, 9.17) is 10.5 Å². The number of benzene rings is 2. The Balaban J connectivity index is 1.95. The maximum Gasteiger partial charge on any atom is 0.261 e. The molecule has 0 atom stereocenters. The highest BCUT2D eigenvalue weighted by atomic mass is 32.2. The van der Waals surface area contributed by atoms with Gasteiger partial charge < -0.3 is 15.4 Å². The van der Waals surface area contributed by atoms with Crippen LogP contribution in [0.15, 0.2) is 47.4 Å². The number of primary amides is 1. The monoisotopic (exact) mass is 431 g/mol. The molecule has 0 radical (unpaired) electrons. The van der Waals surface area contributed by atoms with Crippen LogP contribution in [0.5, 0.6) is 5.75 Å². The van der Waals surface area contributed by atoms with E-state index in [1.165, 1.54) is 37.4 Å². The number of likely N-dealkylation sites (tertiary alicyclic amines) is 1. The fourth-order valence-corrected chi connectivity index (χ4v) is 4.56. The van der Waals surface area contributed by atoms with E-state index in [9.17, 15) is 18.0 Å². The summed E-state index contributed by atoms with van der Waals surface area (Å²) in [5, 5.41) is 0. The number of carbonyl (C=O) groups is 2. The molecule has 0 saturated carbocycles. The maximum absolute atomic E-state index is 13.1. The number of hydrogen-bond acceptors (Lipinski definition) is 5. The third-order valence-electron chi connectivity index (χ3n) is 5.04. The van der Waals surface area contributed by atoms with Crippen molar-refractivity contribution in [3.8, 4) is 5.75 Å². The smallest absolute Gasteiger partial charge is 0.261 e. The summed E-state index contributed by atoms with van der Waals surface area (Å²) in [4.78, 5) is 26.3. The normalized spacial score (nSPS) is 14.6. The van der Waals surface area contributed by atoms with Crippen molar-refractivity contribution in [2.75, 3.05) is 24.9 Å². The van der Waals surface area contributed by atoms with Gasteiger partial charge in [-0.15, -0.1) is 0 Å². The van der Waals surface area contributed by atoms with Crippen LogP contribution in [0, 0.1) is 0 Å². The van der Waals surface area contributed by atoms with Crippen molar-refractivity contribution in [1.82, 2.24) is 4.90 Å². The number of anilines is 1. The van der Waals surface area contributed by atoms with Crippen LogP contribution in [0.25, 0.3) is 0 Å². The molecule has 1 heterocycles. The lowest BCUT2D eigenvalue weighted by atomic mass is 10.1. The second-order valence-electron chi connectivity index (χ2n) is 7.08. The molecule has 30 heavy (non-hydrogen) atoms. The van der Waals surface area contributed by atoms with E-state index in [1.54, 1.807) is 17.0 Å². The molecule has 160 valence electrons. The average Bonchev–Trinajstić information content (AvgIpc) is 3.02. The zero-order chi connectivity index (χ0) is 21.7. The first-order chi connectivity index (χ1) is 14.3. The molecule has 1 aliphatic rings. The van der Waals surface area contributed by atoms with Crippen LogP contribution in [0.3, 0.4) is 0 Å². The molecule has 0 spiro atoms. The SMILES string of the molecule is COc1ccc(S(=O)(=O)Nc2ccccc2C(N)=O)cc1C(=O)N1CCCCCC1. The quantitative estimate of drug-likeness (QED) is 0.729. The first kappa shape index (κ1) is 21.6. The molecule has 2 aromatic carbocycles. The third-order valence-corrected chi connectivity index (χ3v) is 6.40. The summed E-state index contributed by atoms with van der Waals surface area (Å²) >= 11 is 0. The Kier molecular flexibility index (Phi) is 6.61. The van der Waals surface area contributed by atoms with Crippen molar-refractivity contribution in [3.05, 3.63) is 53.6 Å². The topological polar surface area (TPSA) is 119 Å². The summed E-state index contributed by atoms with van der Waals surface area (Å²) in [5.41, 5.74) is 5.64. The minimum Gasteiger partial charge on any atom is -0.496 e. The van der Waals surface area contributed by atoms with Gasteiger partial charge in [-0.05, 0) is 43.2 Å². The first-order valence-corrected chi connectivity index (χ1v) is 11.2. The van der Waals surface area contributed by atoms with Crippen LogP contribution >= 0.6 is 0 Å². The van der Waals surface area contributed by atoms with E-state index in [-0.39, 0.29) is 27.6 Å². The molecule has 2 amide bonds. The Hall–Kier alpha value is -3.07. The molecule has 9 heteroatoms. The van der Waals surface area contributed by atoms with Crippen molar-refractivity contribution in [3.63, 3.8) is 0 Å². The lowest BCUT2D eigenvalue weighted by molar-refractivity contribution is 0.0757. The number of methoxy groups -OCH3 is 1. The number of rotatable bonds is 6. The van der Waals surface area contributed by atoms with Gasteiger partial charge in [0.15, 0.2) is 0 Å². The number of carbonyl (C=O) groups excluding carboxylic acids is 2. The molecule has 0 unspecified atom stereocenters. The Labute approximate surface area is 176 Å². The maximum atomic E-state index is 13.1. The highest BCUT2D eigenvalue weighted by molar-refractivity contribution is 7.92. The van der Waals surface area contributed by atoms with Gasteiger partial charge in [0.05, 0.1) is 28.8 Å². The number of nitrogens with two attached hydrogens (primary N) is 1. The predicted octanol–water partition coefficient (Wildman–Crippen LogP) is 2.61. The minimum atomic E-state index is -4.07. The molecule has 3 rings (SSSR count). The predicted molar refractivity (Wildman–Crippen MR) is 113 cm³/mol. The van der Waals surface area contributed by atoms with Gasteiger partial charge in [0.25, 0.3) is 21.8 Å². The minimum absolute atomic E-state index is 0.0513. The molecule has 8 nitrogen and oxygen atoms in total. The number of amides is 2. The molecule has 1 aliphatic heterocycles. The fourth-order valence-electron chi connectivity index (χ4n) is 3.46. The van der Waals surface area contributed by atoms with Crippen LogP contribution in [-0.4, -0.2) is 45.3 Å². The molecule has 1 saturated heterocycles. The second-order valence-corrected chi connectivity index (χ2v) is 8.77. The lowest BCUT2D eigenvalue weighted by Gasteiger charge is -2.22. The number of ether oxygens (including phenoxy) is 1. The highest BCUT2D eigenvalue weighted by Crippen LogP contribution is 2.27. The van der Waals surface area contributed by atoms with E-state index >= 15 is 0 Å². The largest absolute Gasteiger partial charge is 0.496 e. The van der Waals surface area contributed by atoms with Crippen LogP contribution in [0.1, 0.15) is 46.4 Å². The molecule has 0 aliphatic carbocycles. The van der Waals surface area contributed by atoms with Crippen molar-refractivity contribution in [2.24, 2.45) is 5.73 Å². The van der Waals surface area contributed by atoms with Gasteiger partial charge in [0.2, 0.25) is 0 Å². The molecule has 2 aromatic rings. The zero-order valence-electron chi connectivity index (χ0n) is 16.8. The van der Waals surface area contributed by atoms with Gasteiger partial charge in [0, 0.05) is 13.1 Å². The number of nitrogens with one attached hydrogen (secondary N) is 1.